The molecule has 0 spiro atoms. The molecule has 0 unspecified atom stereocenters. The summed E-state index contributed by atoms with van der Waals surface area (Å²) in [7, 11) is 0. The molecule has 0 atom stereocenters. The average Bonchev–Trinajstić information content (AvgIpc) is 2.08. The van der Waals surface area contributed by atoms with Crippen LogP contribution in [0.1, 0.15) is 26.2 Å². The second kappa shape index (κ2) is 16.8. The maximum Gasteiger partial charge on any atom is 0.293 e. The highest BCUT2D eigenvalue weighted by Crippen LogP contribution is 1.88. The van der Waals surface area contributed by atoms with Crippen molar-refractivity contribution in [1.29, 1.82) is 0 Å². The fourth-order valence-corrected chi connectivity index (χ4v) is 0.533. The number of unbranched alkanes of at least 4 members (excludes halogenated alkanes) is 2. The van der Waals surface area contributed by atoms with E-state index in [-0.39, 0.29) is 0 Å². The average molecular weight is 176 g/mol. The van der Waals surface area contributed by atoms with Crippen LogP contribution in [0.25, 0.3) is 0 Å². The molecule has 0 aromatic rings. The van der Waals surface area contributed by atoms with Gasteiger partial charge in [-0.1, -0.05) is 6.42 Å². The van der Waals surface area contributed by atoms with Gasteiger partial charge in [0, 0.05) is 0 Å². The Morgan fingerprint density at radius 1 is 1.17 bits per heavy atom. The summed E-state index contributed by atoms with van der Waals surface area (Å²) < 4.78 is 4.15. The Balaban J connectivity index is 0. The van der Waals surface area contributed by atoms with Crippen molar-refractivity contribution < 1.29 is 9.53 Å². The van der Waals surface area contributed by atoms with E-state index in [1.165, 1.54) is 6.42 Å². The van der Waals surface area contributed by atoms with Crippen LogP contribution in [0.15, 0.2) is 0 Å². The van der Waals surface area contributed by atoms with Crippen LogP contribution in [-0.2, 0) is 9.53 Å². The van der Waals surface area contributed by atoms with Crippen molar-refractivity contribution in [1.82, 2.24) is 0 Å². The van der Waals surface area contributed by atoms with Gasteiger partial charge in [-0.15, -0.1) is 0 Å². The maximum absolute atomic E-state index is 9.18. The highest BCUT2D eigenvalue weighted by Gasteiger charge is 1.80. The standard InChI is InChI=1S/C5H14N2.C3H6O2/c6-4-2-1-3-5-7;1-2-5-3-4/h1-7H2;3H,2H2,1H3. The second-order valence-corrected chi connectivity index (χ2v) is 2.19. The second-order valence-electron chi connectivity index (χ2n) is 2.19. The molecule has 0 fully saturated rings. The van der Waals surface area contributed by atoms with Crippen molar-refractivity contribution in [2.24, 2.45) is 11.5 Å². The van der Waals surface area contributed by atoms with Gasteiger partial charge in [0.1, 0.15) is 0 Å². The lowest BCUT2D eigenvalue weighted by atomic mass is 10.2. The molecule has 0 heterocycles. The number of carbonyl (C=O) groups excluding carboxylic acids is 1. The topological polar surface area (TPSA) is 78.3 Å². The van der Waals surface area contributed by atoms with Crippen LogP contribution in [-0.4, -0.2) is 26.2 Å². The normalized spacial score (nSPS) is 8.25. The first-order valence-electron chi connectivity index (χ1n) is 4.28. The molecule has 0 aromatic carbocycles. The third kappa shape index (κ3) is 22.8. The zero-order valence-electron chi connectivity index (χ0n) is 7.79. The number of nitrogens with two attached hydrogens (primary N) is 2. The molecule has 0 saturated heterocycles. The highest BCUT2D eigenvalue weighted by atomic mass is 16.5. The largest absolute Gasteiger partial charge is 0.468 e. The summed E-state index contributed by atoms with van der Waals surface area (Å²) in [4.78, 5) is 9.18. The van der Waals surface area contributed by atoms with Gasteiger partial charge in [0.2, 0.25) is 0 Å². The van der Waals surface area contributed by atoms with Gasteiger partial charge in [-0.2, -0.15) is 0 Å². The molecule has 4 heteroatoms. The first-order valence-corrected chi connectivity index (χ1v) is 4.28. The smallest absolute Gasteiger partial charge is 0.293 e. The molecule has 0 bridgehead atoms. The highest BCUT2D eigenvalue weighted by molar-refractivity contribution is 5.36. The van der Waals surface area contributed by atoms with Crippen LogP contribution in [0.2, 0.25) is 0 Å². The van der Waals surface area contributed by atoms with Crippen molar-refractivity contribution >= 4 is 6.47 Å². The summed E-state index contributed by atoms with van der Waals surface area (Å²) in [6.07, 6.45) is 3.43. The predicted molar refractivity (Wildman–Crippen MR) is 49.6 cm³/mol. The Morgan fingerprint density at radius 2 is 1.67 bits per heavy atom. The molecule has 0 aliphatic heterocycles. The van der Waals surface area contributed by atoms with Crippen molar-refractivity contribution in [2.75, 3.05) is 19.7 Å². The number of carbonyl (C=O) groups is 1. The lowest BCUT2D eigenvalue weighted by Gasteiger charge is -1.91. The summed E-state index contributed by atoms with van der Waals surface area (Å²) in [5.74, 6) is 0. The van der Waals surface area contributed by atoms with E-state index in [2.05, 4.69) is 4.74 Å². The minimum atomic E-state index is 0.431. The van der Waals surface area contributed by atoms with Gasteiger partial charge in [0.05, 0.1) is 6.61 Å². The van der Waals surface area contributed by atoms with Crippen molar-refractivity contribution in [2.45, 2.75) is 26.2 Å². The van der Waals surface area contributed by atoms with Crippen LogP contribution < -0.4 is 11.5 Å². The number of ether oxygens (including phenoxy) is 1. The molecular formula is C8H20N2O2. The molecule has 0 amide bonds. The van der Waals surface area contributed by atoms with Crippen molar-refractivity contribution in [3.05, 3.63) is 0 Å². The summed E-state index contributed by atoms with van der Waals surface area (Å²) >= 11 is 0. The van der Waals surface area contributed by atoms with E-state index in [4.69, 9.17) is 11.5 Å². The molecular weight excluding hydrogens is 156 g/mol. The molecule has 74 valence electrons. The molecule has 0 radical (unpaired) electrons. The predicted octanol–water partition coefficient (Wildman–Crippen LogP) is 0.253. The van der Waals surface area contributed by atoms with E-state index in [0.717, 1.165) is 25.9 Å². The molecule has 0 rings (SSSR count). The first kappa shape index (κ1) is 13.9. The Morgan fingerprint density at radius 3 is 1.83 bits per heavy atom. The van der Waals surface area contributed by atoms with Crippen LogP contribution >= 0.6 is 0 Å². The van der Waals surface area contributed by atoms with E-state index in [0.29, 0.717) is 13.1 Å². The van der Waals surface area contributed by atoms with Gasteiger partial charge in [-0.25, -0.2) is 0 Å². The summed E-state index contributed by atoms with van der Waals surface area (Å²) in [6, 6.07) is 0. The van der Waals surface area contributed by atoms with E-state index < -0.39 is 0 Å². The third-order valence-corrected chi connectivity index (χ3v) is 1.14. The Hall–Kier alpha value is -0.610. The number of hydrogen-bond donors (Lipinski definition) is 2. The van der Waals surface area contributed by atoms with Gasteiger partial charge >= 0.3 is 0 Å². The van der Waals surface area contributed by atoms with Gasteiger partial charge < -0.3 is 16.2 Å². The van der Waals surface area contributed by atoms with Gasteiger partial charge in [0.15, 0.2) is 0 Å². The zero-order chi connectivity index (χ0) is 9.66. The minimum absolute atomic E-state index is 0.431. The van der Waals surface area contributed by atoms with Crippen LogP contribution in [0, 0.1) is 0 Å². The van der Waals surface area contributed by atoms with E-state index in [1.807, 2.05) is 0 Å². The number of rotatable bonds is 6. The number of hydrogen-bond acceptors (Lipinski definition) is 4. The van der Waals surface area contributed by atoms with Crippen LogP contribution in [0.4, 0.5) is 0 Å². The van der Waals surface area contributed by atoms with Crippen molar-refractivity contribution in [3.63, 3.8) is 0 Å². The Bertz CT molecular complexity index is 75.5. The first-order chi connectivity index (χ1) is 5.83. The van der Waals surface area contributed by atoms with Gasteiger partial charge in [-0.05, 0) is 32.9 Å². The lowest BCUT2D eigenvalue weighted by Crippen LogP contribution is -2.02. The molecule has 0 aromatic heterocycles. The Kier molecular flexibility index (Phi) is 19.5. The van der Waals surface area contributed by atoms with Gasteiger partial charge in [0.25, 0.3) is 6.47 Å². The quantitative estimate of drug-likeness (QED) is 0.449. The third-order valence-electron chi connectivity index (χ3n) is 1.14. The minimum Gasteiger partial charge on any atom is -0.468 e. The fourth-order valence-electron chi connectivity index (χ4n) is 0.533. The SMILES string of the molecule is CCOC=O.NCCCCCN. The van der Waals surface area contributed by atoms with Crippen LogP contribution in [0.3, 0.4) is 0 Å². The summed E-state index contributed by atoms with van der Waals surface area (Å²) in [6.45, 7) is 4.28. The zero-order valence-corrected chi connectivity index (χ0v) is 7.79. The molecule has 0 saturated carbocycles. The summed E-state index contributed by atoms with van der Waals surface area (Å²) in [5.41, 5.74) is 10.5. The summed E-state index contributed by atoms with van der Waals surface area (Å²) in [5, 5.41) is 0. The van der Waals surface area contributed by atoms with Gasteiger partial charge in [-0.3, -0.25) is 4.79 Å². The van der Waals surface area contributed by atoms with E-state index in [1.54, 1.807) is 6.92 Å². The molecule has 0 aliphatic carbocycles. The molecule has 12 heavy (non-hydrogen) atoms. The molecule has 4 N–H and O–H groups in total. The van der Waals surface area contributed by atoms with Crippen LogP contribution in [0.5, 0.6) is 0 Å². The monoisotopic (exact) mass is 176 g/mol. The van der Waals surface area contributed by atoms with Crippen molar-refractivity contribution in [3.8, 4) is 0 Å². The van der Waals surface area contributed by atoms with E-state index in [9.17, 15) is 4.79 Å². The molecule has 0 aliphatic rings. The van der Waals surface area contributed by atoms with E-state index >= 15 is 0 Å². The Labute approximate surface area is 74.3 Å². The fraction of sp³-hybridized carbons (Fsp3) is 0.875. The maximum atomic E-state index is 9.18. The lowest BCUT2D eigenvalue weighted by molar-refractivity contribution is -0.128. The molecule has 4 nitrogen and oxygen atoms in total.